The van der Waals surface area contributed by atoms with Crippen LogP contribution in [0.3, 0.4) is 0 Å². The van der Waals surface area contributed by atoms with Crippen LogP contribution in [0.25, 0.3) is 0 Å². The molecular formula is C11H19NO6. The first kappa shape index (κ1) is 14.9. The SMILES string of the molecule is COC(=O)CN1[C@@H](C(=O)OC)CCC1(OC)OC. The maximum Gasteiger partial charge on any atom is 0.323 e. The molecule has 0 aromatic carbocycles. The number of methoxy groups -OCH3 is 4. The van der Waals surface area contributed by atoms with Crippen LogP contribution in [-0.2, 0) is 28.5 Å². The summed E-state index contributed by atoms with van der Waals surface area (Å²) in [6, 6.07) is -0.575. The predicted molar refractivity (Wildman–Crippen MR) is 60.5 cm³/mol. The van der Waals surface area contributed by atoms with Gasteiger partial charge in [-0.25, -0.2) is 4.90 Å². The summed E-state index contributed by atoms with van der Waals surface area (Å²) in [5.41, 5.74) is 0. The second kappa shape index (κ2) is 6.12. The van der Waals surface area contributed by atoms with E-state index < -0.39 is 23.9 Å². The number of ether oxygens (including phenoxy) is 4. The highest BCUT2D eigenvalue weighted by Crippen LogP contribution is 2.35. The molecule has 1 rings (SSSR count). The summed E-state index contributed by atoms with van der Waals surface area (Å²) >= 11 is 0. The van der Waals surface area contributed by atoms with Gasteiger partial charge in [-0.3, -0.25) is 9.59 Å². The van der Waals surface area contributed by atoms with Gasteiger partial charge in [0.1, 0.15) is 12.6 Å². The van der Waals surface area contributed by atoms with Crippen LogP contribution in [0.4, 0.5) is 0 Å². The summed E-state index contributed by atoms with van der Waals surface area (Å²) < 4.78 is 20.0. The average Bonchev–Trinajstić information content (AvgIpc) is 2.76. The van der Waals surface area contributed by atoms with Crippen molar-refractivity contribution in [3.05, 3.63) is 0 Å². The van der Waals surface area contributed by atoms with Crippen molar-refractivity contribution in [3.63, 3.8) is 0 Å². The van der Waals surface area contributed by atoms with Crippen molar-refractivity contribution >= 4 is 11.9 Å². The molecule has 0 saturated carbocycles. The van der Waals surface area contributed by atoms with Crippen LogP contribution >= 0.6 is 0 Å². The van der Waals surface area contributed by atoms with E-state index in [9.17, 15) is 9.59 Å². The molecule has 0 bridgehead atoms. The van der Waals surface area contributed by atoms with Gasteiger partial charge in [0.2, 0.25) is 5.91 Å². The molecular weight excluding hydrogens is 242 g/mol. The summed E-state index contributed by atoms with van der Waals surface area (Å²) in [6.45, 7) is -0.0993. The largest absolute Gasteiger partial charge is 0.468 e. The molecule has 0 aromatic heterocycles. The summed E-state index contributed by atoms with van der Waals surface area (Å²) in [6.07, 6.45) is 0.960. The monoisotopic (exact) mass is 261 g/mol. The molecule has 1 fully saturated rings. The number of carbonyl (C=O) groups is 2. The van der Waals surface area contributed by atoms with Crippen LogP contribution in [0, 0.1) is 0 Å². The lowest BCUT2D eigenvalue weighted by Crippen LogP contribution is -2.54. The van der Waals surface area contributed by atoms with E-state index in [0.717, 1.165) is 0 Å². The number of esters is 2. The minimum atomic E-state index is -1.09. The Labute approximate surface area is 106 Å². The highest BCUT2D eigenvalue weighted by molar-refractivity contribution is 5.78. The fourth-order valence-corrected chi connectivity index (χ4v) is 2.19. The van der Waals surface area contributed by atoms with E-state index in [1.54, 1.807) is 0 Å². The van der Waals surface area contributed by atoms with E-state index in [2.05, 4.69) is 4.74 Å². The Kier molecular flexibility index (Phi) is 5.06. The lowest BCUT2D eigenvalue weighted by molar-refractivity contribution is -0.284. The molecule has 18 heavy (non-hydrogen) atoms. The second-order valence-corrected chi connectivity index (χ2v) is 3.90. The zero-order chi connectivity index (χ0) is 13.8. The fraction of sp³-hybridized carbons (Fsp3) is 0.818. The molecule has 0 unspecified atom stereocenters. The van der Waals surface area contributed by atoms with E-state index >= 15 is 0 Å². The van der Waals surface area contributed by atoms with Crippen LogP contribution in [-0.4, -0.2) is 63.8 Å². The highest BCUT2D eigenvalue weighted by atomic mass is 16.7. The van der Waals surface area contributed by atoms with Gasteiger partial charge < -0.3 is 18.9 Å². The van der Waals surface area contributed by atoms with Crippen LogP contribution < -0.4 is 0 Å². The van der Waals surface area contributed by atoms with Crippen molar-refractivity contribution in [2.75, 3.05) is 35.0 Å². The zero-order valence-corrected chi connectivity index (χ0v) is 11.1. The number of hydrogen-bond donors (Lipinski definition) is 0. The Balaban J connectivity index is 2.95. The third kappa shape index (κ3) is 2.63. The minimum absolute atomic E-state index is 0.0993. The maximum absolute atomic E-state index is 11.7. The Bertz CT molecular complexity index is 315. The smallest absolute Gasteiger partial charge is 0.323 e. The van der Waals surface area contributed by atoms with Crippen LogP contribution in [0.1, 0.15) is 12.8 Å². The lowest BCUT2D eigenvalue weighted by Gasteiger charge is -2.36. The Morgan fingerprint density at radius 2 is 1.78 bits per heavy atom. The van der Waals surface area contributed by atoms with Crippen LogP contribution in [0.5, 0.6) is 0 Å². The summed E-state index contributed by atoms with van der Waals surface area (Å²) in [4.78, 5) is 24.6. The number of carbonyl (C=O) groups excluding carboxylic acids is 2. The van der Waals surface area contributed by atoms with Gasteiger partial charge in [-0.05, 0) is 6.42 Å². The van der Waals surface area contributed by atoms with Gasteiger partial charge in [0.15, 0.2) is 0 Å². The van der Waals surface area contributed by atoms with E-state index in [1.165, 1.54) is 33.3 Å². The Morgan fingerprint density at radius 1 is 1.17 bits per heavy atom. The van der Waals surface area contributed by atoms with Crippen LogP contribution in [0.2, 0.25) is 0 Å². The zero-order valence-electron chi connectivity index (χ0n) is 11.1. The number of likely N-dealkylation sites (tertiary alicyclic amines) is 1. The molecule has 104 valence electrons. The standard InChI is InChI=1S/C11H19NO6/c1-15-9(13)7-12-8(10(14)16-2)5-6-11(12,17-3)18-4/h8H,5-7H2,1-4H3/t8-/m1/s1. The lowest BCUT2D eigenvalue weighted by atomic mass is 10.2. The molecule has 0 aliphatic carbocycles. The molecule has 1 atom stereocenters. The molecule has 7 nitrogen and oxygen atoms in total. The van der Waals surface area contributed by atoms with E-state index in [-0.39, 0.29) is 6.54 Å². The van der Waals surface area contributed by atoms with Gasteiger partial charge in [0, 0.05) is 20.6 Å². The van der Waals surface area contributed by atoms with Gasteiger partial charge in [-0.1, -0.05) is 0 Å². The van der Waals surface area contributed by atoms with Crippen molar-refractivity contribution in [1.82, 2.24) is 4.90 Å². The third-order valence-corrected chi connectivity index (χ3v) is 3.19. The quantitative estimate of drug-likeness (QED) is 0.498. The number of hydrogen-bond acceptors (Lipinski definition) is 7. The molecule has 0 radical (unpaired) electrons. The Morgan fingerprint density at radius 3 is 2.22 bits per heavy atom. The van der Waals surface area contributed by atoms with E-state index in [0.29, 0.717) is 12.8 Å². The molecule has 1 aliphatic heterocycles. The van der Waals surface area contributed by atoms with Gasteiger partial charge in [0.25, 0.3) is 0 Å². The molecule has 7 heteroatoms. The summed E-state index contributed by atoms with van der Waals surface area (Å²) in [5.74, 6) is -1.98. The van der Waals surface area contributed by atoms with Crippen molar-refractivity contribution in [2.45, 2.75) is 24.8 Å². The van der Waals surface area contributed by atoms with E-state index in [4.69, 9.17) is 14.2 Å². The molecule has 0 amide bonds. The topological polar surface area (TPSA) is 74.3 Å². The summed E-state index contributed by atoms with van der Waals surface area (Å²) in [5, 5.41) is 0. The predicted octanol–water partition coefficient (Wildman–Crippen LogP) is -0.257. The van der Waals surface area contributed by atoms with Crippen LogP contribution in [0.15, 0.2) is 0 Å². The molecule has 1 heterocycles. The second-order valence-electron chi connectivity index (χ2n) is 3.90. The highest BCUT2D eigenvalue weighted by Gasteiger charge is 2.51. The maximum atomic E-state index is 11.7. The molecule has 0 aromatic rings. The molecule has 1 saturated heterocycles. The van der Waals surface area contributed by atoms with E-state index in [1.807, 2.05) is 0 Å². The van der Waals surface area contributed by atoms with Gasteiger partial charge in [0.05, 0.1) is 14.2 Å². The third-order valence-electron chi connectivity index (χ3n) is 3.19. The van der Waals surface area contributed by atoms with Gasteiger partial charge in [-0.15, -0.1) is 0 Å². The summed E-state index contributed by atoms with van der Waals surface area (Å²) in [7, 11) is 5.52. The van der Waals surface area contributed by atoms with Crippen molar-refractivity contribution in [3.8, 4) is 0 Å². The van der Waals surface area contributed by atoms with Crippen molar-refractivity contribution < 1.29 is 28.5 Å². The van der Waals surface area contributed by atoms with Crippen molar-refractivity contribution in [2.24, 2.45) is 0 Å². The van der Waals surface area contributed by atoms with Gasteiger partial charge in [-0.2, -0.15) is 0 Å². The first-order valence-electron chi connectivity index (χ1n) is 5.56. The molecule has 1 aliphatic rings. The van der Waals surface area contributed by atoms with Gasteiger partial charge >= 0.3 is 11.9 Å². The first-order chi connectivity index (χ1) is 8.54. The minimum Gasteiger partial charge on any atom is -0.468 e. The fourth-order valence-electron chi connectivity index (χ4n) is 2.19. The molecule has 0 N–H and O–H groups in total. The average molecular weight is 261 g/mol. The first-order valence-corrected chi connectivity index (χ1v) is 5.56. The Hall–Kier alpha value is -1.18. The number of rotatable bonds is 5. The normalized spacial score (nSPS) is 22.8. The number of nitrogens with zero attached hydrogens (tertiary/aromatic N) is 1. The molecule has 0 spiro atoms. The van der Waals surface area contributed by atoms with Crippen molar-refractivity contribution in [1.29, 1.82) is 0 Å².